The quantitative estimate of drug-likeness (QED) is 0.585. The normalized spacial score (nSPS) is 12.1. The van der Waals surface area contributed by atoms with Crippen molar-refractivity contribution in [3.05, 3.63) is 35.5 Å². The van der Waals surface area contributed by atoms with Crippen molar-refractivity contribution in [3.8, 4) is 11.5 Å². The average Bonchev–Trinajstić information content (AvgIpc) is 2.80. The van der Waals surface area contributed by atoms with E-state index >= 15 is 0 Å². The van der Waals surface area contributed by atoms with Crippen molar-refractivity contribution in [2.24, 2.45) is 7.05 Å². The topological polar surface area (TPSA) is 42.2 Å². The van der Waals surface area contributed by atoms with E-state index in [1.807, 2.05) is 35.9 Å². The lowest BCUT2D eigenvalue weighted by atomic mass is 10.1. The van der Waals surface area contributed by atoms with E-state index in [4.69, 9.17) is 0 Å². The van der Waals surface area contributed by atoms with Gasteiger partial charge in [-0.2, -0.15) is 0 Å². The van der Waals surface area contributed by atoms with Crippen LogP contribution in [0, 0.1) is 11.5 Å². The van der Waals surface area contributed by atoms with E-state index < -0.39 is 14.0 Å². The summed E-state index contributed by atoms with van der Waals surface area (Å²) >= 11 is 0. The first-order valence-electron chi connectivity index (χ1n) is 8.98. The minimum Gasteiger partial charge on any atom is -0.478 e. The van der Waals surface area contributed by atoms with Gasteiger partial charge >= 0.3 is 5.97 Å². The Morgan fingerprint density at radius 1 is 1.04 bits per heavy atom. The number of fused-ring (bicyclic) bond motifs is 1. The van der Waals surface area contributed by atoms with E-state index in [9.17, 15) is 9.90 Å². The van der Waals surface area contributed by atoms with Crippen LogP contribution in [0.3, 0.4) is 0 Å². The van der Waals surface area contributed by atoms with Crippen molar-refractivity contribution in [2.45, 2.75) is 58.2 Å². The molecule has 0 aliphatic heterocycles. The van der Waals surface area contributed by atoms with Gasteiger partial charge in [0.2, 0.25) is 0 Å². The second-order valence-corrected chi connectivity index (χ2v) is 13.3. The van der Waals surface area contributed by atoms with E-state index in [1.165, 1.54) is 0 Å². The number of rotatable bonds is 4. The third-order valence-electron chi connectivity index (χ3n) is 5.58. The molecule has 0 unspecified atom stereocenters. The lowest BCUT2D eigenvalue weighted by Gasteiger charge is -2.38. The molecule has 0 amide bonds. The van der Waals surface area contributed by atoms with Crippen LogP contribution in [0.1, 0.15) is 57.6 Å². The number of carbonyl (C=O) groups is 1. The number of carboxylic acids is 1. The number of carboxylic acid groups (broad SMARTS) is 1. The Morgan fingerprint density at radius 3 is 2.04 bits per heavy atom. The molecular formula is C21H29NO2Si. The summed E-state index contributed by atoms with van der Waals surface area (Å²) in [5.41, 5.74) is 7.05. The van der Waals surface area contributed by atoms with Crippen molar-refractivity contribution in [2.75, 3.05) is 0 Å². The van der Waals surface area contributed by atoms with Gasteiger partial charge in [-0.3, -0.25) is 0 Å². The van der Waals surface area contributed by atoms with Crippen LogP contribution in [-0.2, 0) is 7.05 Å². The summed E-state index contributed by atoms with van der Waals surface area (Å²) < 4.78 is 1.92. The smallest absolute Gasteiger partial charge is 0.339 e. The molecule has 1 aromatic heterocycles. The molecule has 0 fully saturated rings. The highest BCUT2D eigenvalue weighted by Crippen LogP contribution is 2.41. The minimum atomic E-state index is -1.91. The first kappa shape index (κ1) is 19.3. The molecule has 0 aliphatic rings. The van der Waals surface area contributed by atoms with E-state index in [2.05, 4.69) is 53.0 Å². The molecule has 3 nitrogen and oxygen atoms in total. The van der Waals surface area contributed by atoms with E-state index in [0.29, 0.717) is 27.9 Å². The number of aromatic carboxylic acids is 1. The predicted octanol–water partition coefficient (Wildman–Crippen LogP) is 5.45. The van der Waals surface area contributed by atoms with Gasteiger partial charge in [0, 0.05) is 18.0 Å². The maximum atomic E-state index is 11.9. The second-order valence-electron chi connectivity index (χ2n) is 7.75. The van der Waals surface area contributed by atoms with Gasteiger partial charge in [-0.15, -0.1) is 5.54 Å². The number of aryl methyl sites for hydroxylation is 1. The van der Waals surface area contributed by atoms with Crippen molar-refractivity contribution in [3.63, 3.8) is 0 Å². The van der Waals surface area contributed by atoms with Gasteiger partial charge in [0.25, 0.3) is 0 Å². The van der Waals surface area contributed by atoms with Crippen LogP contribution in [0.4, 0.5) is 0 Å². The monoisotopic (exact) mass is 355 g/mol. The minimum absolute atomic E-state index is 0.324. The Morgan fingerprint density at radius 2 is 1.56 bits per heavy atom. The Labute approximate surface area is 152 Å². The number of para-hydroxylation sites is 1. The number of nitrogens with zero attached hydrogens (tertiary/aromatic N) is 1. The lowest BCUT2D eigenvalue weighted by Crippen LogP contribution is -2.43. The molecule has 0 saturated heterocycles. The summed E-state index contributed by atoms with van der Waals surface area (Å²) in [4.78, 5) is 11.9. The van der Waals surface area contributed by atoms with Crippen LogP contribution in [0.15, 0.2) is 24.3 Å². The van der Waals surface area contributed by atoms with Crippen LogP contribution >= 0.6 is 0 Å². The first-order valence-corrected chi connectivity index (χ1v) is 11.2. The van der Waals surface area contributed by atoms with Gasteiger partial charge in [-0.05, 0) is 22.7 Å². The lowest BCUT2D eigenvalue weighted by molar-refractivity contribution is 0.0698. The number of hydrogen-bond donors (Lipinski definition) is 1. The predicted molar refractivity (Wildman–Crippen MR) is 108 cm³/mol. The fourth-order valence-corrected chi connectivity index (χ4v) is 9.56. The molecule has 1 N–H and O–H groups in total. The Hall–Kier alpha value is -1.99. The molecule has 0 spiro atoms. The summed E-state index contributed by atoms with van der Waals surface area (Å²) in [7, 11) is -0.00240. The summed E-state index contributed by atoms with van der Waals surface area (Å²) in [6.45, 7) is 13.6. The van der Waals surface area contributed by atoms with Crippen molar-refractivity contribution < 1.29 is 9.90 Å². The molecule has 1 heterocycles. The summed E-state index contributed by atoms with van der Waals surface area (Å²) in [6, 6.07) is 7.62. The zero-order chi connectivity index (χ0) is 18.9. The summed E-state index contributed by atoms with van der Waals surface area (Å²) in [6.07, 6.45) is 0. The van der Waals surface area contributed by atoms with Crippen molar-refractivity contribution >= 4 is 24.9 Å². The van der Waals surface area contributed by atoms with Crippen molar-refractivity contribution in [1.82, 2.24) is 4.57 Å². The van der Waals surface area contributed by atoms with Gasteiger partial charge in [0.1, 0.15) is 19.3 Å². The summed E-state index contributed by atoms with van der Waals surface area (Å²) in [5.74, 6) is 2.42. The maximum Gasteiger partial charge on any atom is 0.339 e. The average molecular weight is 356 g/mol. The largest absolute Gasteiger partial charge is 0.478 e. The molecular weight excluding hydrogens is 326 g/mol. The number of benzene rings is 1. The zero-order valence-electron chi connectivity index (χ0n) is 16.3. The van der Waals surface area contributed by atoms with Crippen LogP contribution in [-0.4, -0.2) is 23.7 Å². The number of hydrogen-bond acceptors (Lipinski definition) is 1. The second kappa shape index (κ2) is 7.09. The van der Waals surface area contributed by atoms with Crippen LogP contribution in [0.25, 0.3) is 10.9 Å². The van der Waals surface area contributed by atoms with E-state index in [0.717, 1.165) is 10.9 Å². The molecule has 0 radical (unpaired) electrons. The molecule has 134 valence electrons. The Kier molecular flexibility index (Phi) is 5.48. The SMILES string of the molecule is CC(C)[Si](C#Cc1c(C(=O)O)c2ccccc2n1C)(C(C)C)C(C)C. The molecule has 1 aromatic carbocycles. The molecule has 25 heavy (non-hydrogen) atoms. The van der Waals surface area contributed by atoms with Crippen molar-refractivity contribution in [1.29, 1.82) is 0 Å². The molecule has 0 bridgehead atoms. The highest BCUT2D eigenvalue weighted by atomic mass is 28.3. The van der Waals surface area contributed by atoms with Gasteiger partial charge in [0.05, 0.1) is 0 Å². The highest BCUT2D eigenvalue weighted by Gasteiger charge is 2.41. The molecule has 0 aliphatic carbocycles. The van der Waals surface area contributed by atoms with E-state index in [-0.39, 0.29) is 0 Å². The molecule has 0 saturated carbocycles. The van der Waals surface area contributed by atoms with E-state index in [1.54, 1.807) is 0 Å². The number of aromatic nitrogens is 1. The third-order valence-corrected chi connectivity index (χ3v) is 11.9. The molecule has 4 heteroatoms. The fourth-order valence-electron chi connectivity index (χ4n) is 4.36. The zero-order valence-corrected chi connectivity index (χ0v) is 17.3. The van der Waals surface area contributed by atoms with Gasteiger partial charge in [0.15, 0.2) is 0 Å². The van der Waals surface area contributed by atoms with Crippen LogP contribution in [0.5, 0.6) is 0 Å². The fraction of sp³-hybridized carbons (Fsp3) is 0.476. The third kappa shape index (κ3) is 3.14. The maximum absolute atomic E-state index is 11.9. The van der Waals surface area contributed by atoms with Gasteiger partial charge in [-0.25, -0.2) is 4.79 Å². The summed E-state index contributed by atoms with van der Waals surface area (Å²) in [5, 5.41) is 10.5. The molecule has 2 aromatic rings. The van der Waals surface area contributed by atoms with Crippen LogP contribution in [0.2, 0.25) is 16.6 Å². The highest BCUT2D eigenvalue weighted by molar-refractivity contribution is 6.90. The first-order chi connectivity index (χ1) is 11.6. The van der Waals surface area contributed by atoms with Crippen LogP contribution < -0.4 is 0 Å². The standard InChI is InChI=1S/C21H29NO2Si/c1-14(2)25(15(3)4,16(5)6)13-12-19-20(21(23)24)17-10-8-9-11-18(17)22(19)7/h8-11,14-16H,1-7H3,(H,23,24). The van der Waals surface area contributed by atoms with Gasteiger partial charge in [-0.1, -0.05) is 65.7 Å². The Bertz CT molecular complexity index is 828. The molecule has 0 atom stereocenters. The molecule has 2 rings (SSSR count). The van der Waals surface area contributed by atoms with Gasteiger partial charge < -0.3 is 9.67 Å². The Balaban J connectivity index is 2.77.